The second kappa shape index (κ2) is 5.08. The minimum atomic E-state index is -0.418. The number of Topliss-reactive ketones (excluding diaryl/α,β-unsaturated/α-hetero) is 1. The zero-order valence-corrected chi connectivity index (χ0v) is 9.59. The number of hydrogen-bond acceptors (Lipinski definition) is 3. The Balaban J connectivity index is 2.20. The Morgan fingerprint density at radius 2 is 1.82 bits per heavy atom. The van der Waals surface area contributed by atoms with Gasteiger partial charge in [0.1, 0.15) is 5.78 Å². The summed E-state index contributed by atoms with van der Waals surface area (Å²) in [6.07, 6.45) is 4.66. The first-order valence-corrected chi connectivity index (χ1v) is 5.95. The second-order valence-corrected chi connectivity index (χ2v) is 4.47. The number of benzene rings is 1. The van der Waals surface area contributed by atoms with Crippen molar-refractivity contribution in [1.82, 2.24) is 0 Å². The molecule has 4 nitrogen and oxygen atoms in total. The fraction of sp³-hybridized carbons (Fsp3) is 0.462. The van der Waals surface area contributed by atoms with Crippen LogP contribution in [0.4, 0.5) is 5.69 Å². The average Bonchev–Trinajstić information content (AvgIpc) is 2.54. The average molecular weight is 233 g/mol. The van der Waals surface area contributed by atoms with Crippen LogP contribution < -0.4 is 0 Å². The highest BCUT2D eigenvalue weighted by Gasteiger charge is 2.22. The van der Waals surface area contributed by atoms with Gasteiger partial charge < -0.3 is 0 Å². The monoisotopic (exact) mass is 233 g/mol. The van der Waals surface area contributed by atoms with Gasteiger partial charge in [0.25, 0.3) is 5.69 Å². The molecule has 1 aromatic carbocycles. The summed E-state index contributed by atoms with van der Waals surface area (Å²) in [6.45, 7) is 0. The van der Waals surface area contributed by atoms with Crippen LogP contribution in [0.2, 0.25) is 0 Å². The summed E-state index contributed by atoms with van der Waals surface area (Å²) in [5.74, 6) is 0.217. The molecule has 4 heteroatoms. The van der Waals surface area contributed by atoms with Gasteiger partial charge in [0, 0.05) is 24.5 Å². The predicted octanol–water partition coefficient (Wildman–Crippen LogP) is 3.21. The molecule has 1 aromatic rings. The Kier molecular flexibility index (Phi) is 3.52. The molecule has 0 heterocycles. The van der Waals surface area contributed by atoms with Crippen molar-refractivity contribution in [2.45, 2.75) is 38.0 Å². The van der Waals surface area contributed by atoms with E-state index in [2.05, 4.69) is 0 Å². The zero-order chi connectivity index (χ0) is 12.3. The molecular formula is C13H15NO3. The molecule has 0 aromatic heterocycles. The van der Waals surface area contributed by atoms with E-state index >= 15 is 0 Å². The molecule has 0 saturated heterocycles. The lowest BCUT2D eigenvalue weighted by Crippen LogP contribution is -2.10. The standard InChI is InChI=1S/C13H15NO3/c15-13-5-3-1-2-4-12(13)10-6-8-11(9-7-10)14(16)17/h6-9,12H,1-5H2/t12-/m1/s1. The largest absolute Gasteiger partial charge is 0.299 e. The van der Waals surface area contributed by atoms with E-state index in [0.29, 0.717) is 6.42 Å². The quantitative estimate of drug-likeness (QED) is 0.447. The SMILES string of the molecule is O=C1CCCCC[C@@H]1c1ccc([N+](=O)[O-])cc1. The Labute approximate surface area is 99.8 Å². The lowest BCUT2D eigenvalue weighted by Gasteiger charge is -2.12. The van der Waals surface area contributed by atoms with Gasteiger partial charge in [0.2, 0.25) is 0 Å². The van der Waals surface area contributed by atoms with Crippen molar-refractivity contribution in [1.29, 1.82) is 0 Å². The van der Waals surface area contributed by atoms with E-state index in [1.807, 2.05) is 0 Å². The van der Waals surface area contributed by atoms with E-state index in [1.165, 1.54) is 12.1 Å². The van der Waals surface area contributed by atoms with E-state index in [1.54, 1.807) is 12.1 Å². The van der Waals surface area contributed by atoms with E-state index < -0.39 is 4.92 Å². The van der Waals surface area contributed by atoms with Crippen molar-refractivity contribution in [3.05, 3.63) is 39.9 Å². The van der Waals surface area contributed by atoms with Crippen molar-refractivity contribution < 1.29 is 9.72 Å². The molecule has 1 saturated carbocycles. The smallest absolute Gasteiger partial charge is 0.269 e. The third-order valence-corrected chi connectivity index (χ3v) is 3.31. The summed E-state index contributed by atoms with van der Waals surface area (Å²) in [7, 11) is 0. The highest BCUT2D eigenvalue weighted by Crippen LogP contribution is 2.29. The summed E-state index contributed by atoms with van der Waals surface area (Å²) in [6, 6.07) is 6.39. The molecule has 1 fully saturated rings. The van der Waals surface area contributed by atoms with Crippen LogP contribution >= 0.6 is 0 Å². The van der Waals surface area contributed by atoms with E-state index in [0.717, 1.165) is 31.2 Å². The van der Waals surface area contributed by atoms with Gasteiger partial charge >= 0.3 is 0 Å². The molecule has 0 amide bonds. The van der Waals surface area contributed by atoms with Crippen molar-refractivity contribution in [3.8, 4) is 0 Å². The fourth-order valence-corrected chi connectivity index (χ4v) is 2.34. The highest BCUT2D eigenvalue weighted by atomic mass is 16.6. The van der Waals surface area contributed by atoms with Crippen LogP contribution in [-0.4, -0.2) is 10.7 Å². The van der Waals surface area contributed by atoms with Gasteiger partial charge in [-0.05, 0) is 18.4 Å². The van der Waals surface area contributed by atoms with Crippen LogP contribution in [0.3, 0.4) is 0 Å². The third-order valence-electron chi connectivity index (χ3n) is 3.31. The molecule has 2 rings (SSSR count). The molecular weight excluding hydrogens is 218 g/mol. The van der Waals surface area contributed by atoms with Crippen molar-refractivity contribution in [2.75, 3.05) is 0 Å². The van der Waals surface area contributed by atoms with Gasteiger partial charge in [-0.3, -0.25) is 14.9 Å². The maximum absolute atomic E-state index is 11.9. The van der Waals surface area contributed by atoms with Crippen LogP contribution in [0, 0.1) is 10.1 Å². The molecule has 1 aliphatic carbocycles. The maximum atomic E-state index is 11.9. The third kappa shape index (κ3) is 2.70. The molecule has 0 aliphatic heterocycles. The van der Waals surface area contributed by atoms with Crippen molar-refractivity contribution >= 4 is 11.5 Å². The number of ketones is 1. The number of nitro groups is 1. The first-order valence-electron chi connectivity index (χ1n) is 5.95. The molecule has 1 aliphatic rings. The van der Waals surface area contributed by atoms with Crippen LogP contribution in [0.25, 0.3) is 0 Å². The summed E-state index contributed by atoms with van der Waals surface area (Å²) in [5, 5.41) is 10.5. The van der Waals surface area contributed by atoms with Gasteiger partial charge in [-0.2, -0.15) is 0 Å². The van der Waals surface area contributed by atoms with E-state index in [-0.39, 0.29) is 17.4 Å². The minimum Gasteiger partial charge on any atom is -0.299 e. The van der Waals surface area contributed by atoms with E-state index in [4.69, 9.17) is 0 Å². The van der Waals surface area contributed by atoms with Crippen LogP contribution in [0.1, 0.15) is 43.6 Å². The predicted molar refractivity (Wildman–Crippen MR) is 63.9 cm³/mol. The molecule has 0 N–H and O–H groups in total. The van der Waals surface area contributed by atoms with Crippen LogP contribution in [-0.2, 0) is 4.79 Å². The normalized spacial score (nSPS) is 20.9. The number of carbonyl (C=O) groups excluding carboxylic acids is 1. The molecule has 90 valence electrons. The first-order chi connectivity index (χ1) is 8.18. The molecule has 0 bridgehead atoms. The number of hydrogen-bond donors (Lipinski definition) is 0. The topological polar surface area (TPSA) is 60.2 Å². The second-order valence-electron chi connectivity index (χ2n) is 4.47. The fourth-order valence-electron chi connectivity index (χ4n) is 2.34. The highest BCUT2D eigenvalue weighted by molar-refractivity contribution is 5.85. The van der Waals surface area contributed by atoms with Crippen LogP contribution in [0.15, 0.2) is 24.3 Å². The lowest BCUT2D eigenvalue weighted by molar-refractivity contribution is -0.384. The number of nitrogens with zero attached hydrogens (tertiary/aromatic N) is 1. The van der Waals surface area contributed by atoms with Gasteiger partial charge in [-0.15, -0.1) is 0 Å². The summed E-state index contributed by atoms with van der Waals surface area (Å²) >= 11 is 0. The van der Waals surface area contributed by atoms with Crippen molar-refractivity contribution in [3.63, 3.8) is 0 Å². The summed E-state index contributed by atoms with van der Waals surface area (Å²) in [4.78, 5) is 22.0. The Bertz CT molecular complexity index is 425. The zero-order valence-electron chi connectivity index (χ0n) is 9.59. The van der Waals surface area contributed by atoms with Gasteiger partial charge in [0.05, 0.1) is 4.92 Å². The first kappa shape index (κ1) is 11.8. The number of nitro benzene ring substituents is 1. The Morgan fingerprint density at radius 1 is 1.12 bits per heavy atom. The Hall–Kier alpha value is -1.71. The number of non-ortho nitro benzene ring substituents is 1. The summed E-state index contributed by atoms with van der Waals surface area (Å²) < 4.78 is 0. The van der Waals surface area contributed by atoms with Crippen LogP contribution in [0.5, 0.6) is 0 Å². The number of rotatable bonds is 2. The molecule has 17 heavy (non-hydrogen) atoms. The van der Waals surface area contributed by atoms with Gasteiger partial charge in [-0.25, -0.2) is 0 Å². The molecule has 0 unspecified atom stereocenters. The maximum Gasteiger partial charge on any atom is 0.269 e. The Morgan fingerprint density at radius 3 is 2.47 bits per heavy atom. The van der Waals surface area contributed by atoms with Gasteiger partial charge in [0.15, 0.2) is 0 Å². The molecule has 0 spiro atoms. The molecule has 0 radical (unpaired) electrons. The van der Waals surface area contributed by atoms with Crippen molar-refractivity contribution in [2.24, 2.45) is 0 Å². The molecule has 1 atom stereocenters. The summed E-state index contributed by atoms with van der Waals surface area (Å²) in [5.41, 5.74) is 0.998. The number of carbonyl (C=O) groups is 1. The minimum absolute atomic E-state index is 0.0571. The lowest BCUT2D eigenvalue weighted by atomic mass is 9.91. The van der Waals surface area contributed by atoms with E-state index in [9.17, 15) is 14.9 Å². The van der Waals surface area contributed by atoms with Gasteiger partial charge in [-0.1, -0.05) is 25.0 Å².